The van der Waals surface area contributed by atoms with Gasteiger partial charge in [0.05, 0.1) is 43.9 Å². The topological polar surface area (TPSA) is 692 Å². The number of carbonyl (C=O) groups is 8. The SMILES string of the molecule is C=C(C/C=C(\C)CCC=C(C)C)CCC(C)(C)/C=C/CC/C(C)=C\CO[C@H](COP(=O)(O)O[C@H]1O[C@H](C(N)=O)[C@@](C)(O)[C@H](OC(N)=O)[C@H]1O[C@@H]1O[C@H](CO[C@@H]2O[C@H](CO)[C@@H](O)[C@H](O)[C@H]2O)[C@@H](O[C@@H]2O[C@H](C)[C@@H](O[C@@H]3O[C@H](C(=O)N/C(=N/Nc4ccccc4[N+](=O)[O-])C(=O)CCC(=O)O)[C@H](O)[C@H](O)[C@H]3O)[C@H](O)[C@H]2NC(C)=O)[C@H](O)[C@H]1NC(C)=O)C(=O)O. The number of aliphatic hydroxyl groups is 10. The fourth-order valence-electron chi connectivity index (χ4n) is 13.2. The summed E-state index contributed by atoms with van der Waals surface area (Å²) in [5.41, 5.74) is 13.8. The number of phosphoric ester groups is 1. The maximum Gasteiger partial charge on any atom is 0.474 e. The highest BCUT2D eigenvalue weighted by Gasteiger charge is 2.63. The van der Waals surface area contributed by atoms with E-state index in [2.05, 4.69) is 80.6 Å². The zero-order valence-electron chi connectivity index (χ0n) is 68.1. The molecule has 0 aliphatic carbocycles. The number of anilines is 1. The minimum atomic E-state index is -5.89. The molecule has 0 spiro atoms. The molecular formula is C75H113N8O37P. The molecule has 1 aromatic rings. The van der Waals surface area contributed by atoms with E-state index in [0.717, 1.165) is 83.1 Å². The van der Waals surface area contributed by atoms with Crippen LogP contribution in [0.25, 0.3) is 0 Å². The van der Waals surface area contributed by atoms with Gasteiger partial charge in [-0.25, -0.2) is 14.2 Å². The highest BCUT2D eigenvalue weighted by Crippen LogP contribution is 2.49. The quantitative estimate of drug-likeness (QED) is 0.00893. The predicted octanol–water partition coefficient (Wildman–Crippen LogP) is -1.39. The third-order valence-corrected chi connectivity index (χ3v) is 20.9. The number of carboxylic acids is 2. The number of amides is 5. The Labute approximate surface area is 694 Å². The van der Waals surface area contributed by atoms with Gasteiger partial charge in [-0.3, -0.25) is 53.4 Å². The number of primary amides is 2. The molecule has 1 aromatic carbocycles. The van der Waals surface area contributed by atoms with Gasteiger partial charge in [-0.05, 0) is 98.0 Å². The molecule has 27 atom stereocenters. The summed E-state index contributed by atoms with van der Waals surface area (Å²) in [7, 11) is -5.89. The van der Waals surface area contributed by atoms with Gasteiger partial charge in [0, 0.05) is 26.3 Å². The fourth-order valence-corrected chi connectivity index (χ4v) is 14.0. The van der Waals surface area contributed by atoms with Crippen molar-refractivity contribution in [2.75, 3.05) is 31.9 Å². The summed E-state index contributed by atoms with van der Waals surface area (Å²) in [5.74, 6) is -10.6. The third-order valence-electron chi connectivity index (χ3n) is 20.0. The number of carboxylic acid groups (broad SMARTS) is 2. The third kappa shape index (κ3) is 29.5. The zero-order chi connectivity index (χ0) is 90.5. The summed E-state index contributed by atoms with van der Waals surface area (Å²) in [6.07, 6.45) is -39.0. The Kier molecular flexibility index (Phi) is 38.7. The van der Waals surface area contributed by atoms with E-state index < -0.39 is 263 Å². The van der Waals surface area contributed by atoms with Crippen LogP contribution in [0.3, 0.4) is 0 Å². The van der Waals surface area contributed by atoms with Crippen LogP contribution in [-0.2, 0) is 99.3 Å². The van der Waals surface area contributed by atoms with Gasteiger partial charge in [0.2, 0.25) is 23.5 Å². The number of nitro benzene ring substituents is 1. The van der Waals surface area contributed by atoms with E-state index in [9.17, 15) is 119 Å². The second-order valence-corrected chi connectivity index (χ2v) is 32.2. The van der Waals surface area contributed by atoms with Gasteiger partial charge < -0.3 is 146 Å². The van der Waals surface area contributed by atoms with Crippen molar-refractivity contribution >= 4 is 72.5 Å². The lowest BCUT2D eigenvalue weighted by Gasteiger charge is -2.52. The molecule has 21 N–H and O–H groups in total. The van der Waals surface area contributed by atoms with Crippen LogP contribution >= 0.6 is 7.82 Å². The Morgan fingerprint density at radius 2 is 1.31 bits per heavy atom. The number of nitro groups is 1. The molecule has 6 rings (SSSR count). The summed E-state index contributed by atoms with van der Waals surface area (Å²) in [6, 6.07) is 0.660. The number of benzene rings is 1. The number of hydrazone groups is 1. The first-order chi connectivity index (χ1) is 56.6. The van der Waals surface area contributed by atoms with Crippen molar-refractivity contribution in [3.05, 3.63) is 93.6 Å². The van der Waals surface area contributed by atoms with Crippen LogP contribution in [0.5, 0.6) is 0 Å². The Bertz CT molecular complexity index is 3950. The van der Waals surface area contributed by atoms with Crippen LogP contribution in [-0.4, -0.2) is 310 Å². The highest BCUT2D eigenvalue weighted by molar-refractivity contribution is 7.47. The second-order valence-electron chi connectivity index (χ2n) is 30.8. The molecule has 45 nitrogen and oxygen atoms in total. The van der Waals surface area contributed by atoms with Gasteiger partial charge in [0.25, 0.3) is 11.6 Å². The number of aliphatic carboxylic acids is 2. The minimum absolute atomic E-state index is 0.163. The van der Waals surface area contributed by atoms with Crippen molar-refractivity contribution in [2.24, 2.45) is 22.0 Å². The van der Waals surface area contributed by atoms with E-state index in [4.69, 9.17) is 72.6 Å². The number of allylic oxidation sites excluding steroid dienone is 8. The molecule has 5 saturated heterocycles. The summed E-state index contributed by atoms with van der Waals surface area (Å²) in [5, 5.41) is 155. The summed E-state index contributed by atoms with van der Waals surface area (Å²) < 4.78 is 89.2. The molecule has 1 unspecified atom stereocenters. The molecule has 5 fully saturated rings. The van der Waals surface area contributed by atoms with E-state index >= 15 is 0 Å². The maximum absolute atomic E-state index is 14.2. The lowest BCUT2D eigenvalue weighted by atomic mass is 9.85. The van der Waals surface area contributed by atoms with Gasteiger partial charge in [0.15, 0.2) is 67.8 Å². The number of amidine groups is 1. The minimum Gasteiger partial charge on any atom is -0.481 e. The number of ether oxygens (including phenoxy) is 11. The first kappa shape index (κ1) is 102. The van der Waals surface area contributed by atoms with Crippen LogP contribution in [0, 0.1) is 15.5 Å². The van der Waals surface area contributed by atoms with Crippen LogP contribution in [0.15, 0.2) is 88.6 Å². The molecule has 46 heteroatoms. The van der Waals surface area contributed by atoms with Gasteiger partial charge in [-0.2, -0.15) is 5.10 Å². The molecule has 5 aliphatic rings. The standard InChI is InChI=1S/C75H113N8O37P/c1-34(2)17-16-19-35(3)22-23-37(5)26-29-74(9,10)28-15-14-18-36(4)27-30-108-46(67(100)101)33-110-121(106,107)120-72-61(62(119-73(77)102)75(11,103)63(118-72)64(76)98)117-69-49(79-40(8)86)52(92)59(45(113-69)32-109-70-56(96)53(93)50(90)44(31-84)112-70)115-68-48(78-39(7)85)51(91)58(38(6)111-68)114-71-57(97)54(94)55(95)60(116-71)66(99)80-65(43(87)24-25-47(88)89)82-81-41-20-12-13-21-42(41)83(104)105/h12-13,15,17,20-22,27-28,38,44-46,48-63,68-72,81,84,90-97,103H,5,14,16,18-19,23-26,29-33H2,1-4,6-11H3,(H2,76,98)(H2,77,102)(H,78,85)(H,79,86)(H,88,89)(H,100,101)(H,106,107)(H,80,82,99)/b28-15+,35-22+,36-27-/t38-,44-,45-,46-,48-,49-,50-,51-,52-,53+,54+,55-,56-,57-,58-,59-,60+,61-,62-,63-,68+,69+,70-,71-,72-,75+/m1/s1. The molecule has 0 saturated carbocycles. The van der Waals surface area contributed by atoms with Crippen molar-refractivity contribution in [3.63, 3.8) is 0 Å². The average Bonchev–Trinajstić information content (AvgIpc) is 0.845. The van der Waals surface area contributed by atoms with E-state index in [1.165, 1.54) is 23.3 Å². The number of hydrogen-bond donors (Lipinski definition) is 19. The number of hydrogen-bond acceptors (Lipinski definition) is 36. The van der Waals surface area contributed by atoms with E-state index in [1.807, 2.05) is 11.4 Å². The predicted molar refractivity (Wildman–Crippen MR) is 414 cm³/mol. The smallest absolute Gasteiger partial charge is 0.474 e. The average molecular weight is 1750 g/mol. The maximum atomic E-state index is 14.2. The normalized spacial score (nSPS) is 32.6. The van der Waals surface area contributed by atoms with Crippen molar-refractivity contribution in [2.45, 2.75) is 286 Å². The number of nitrogens with zero attached hydrogens (tertiary/aromatic N) is 2. The number of phosphoric acid groups is 1. The summed E-state index contributed by atoms with van der Waals surface area (Å²) in [4.78, 5) is 126. The number of aliphatic hydroxyl groups excluding tert-OH is 9. The molecule has 5 amide bonds. The van der Waals surface area contributed by atoms with Crippen molar-refractivity contribution in [1.29, 1.82) is 0 Å². The number of nitrogens with two attached hydrogens (primary N) is 2. The molecule has 5 aliphatic heterocycles. The number of carbonyl (C=O) groups excluding carboxylic acids is 6. The molecule has 121 heavy (non-hydrogen) atoms. The number of Topliss-reactive ketones (excluding diaryl/α,β-unsaturated/α-hetero) is 1. The summed E-state index contributed by atoms with van der Waals surface area (Å²) >= 11 is 0. The van der Waals surface area contributed by atoms with E-state index in [1.54, 1.807) is 13.0 Å². The molecule has 5 heterocycles. The first-order valence-electron chi connectivity index (χ1n) is 38.4. The Hall–Kier alpha value is -8.14. The van der Waals surface area contributed by atoms with Crippen molar-refractivity contribution in [3.8, 4) is 0 Å². The lowest BCUT2D eigenvalue weighted by molar-refractivity contribution is -0.384. The largest absolute Gasteiger partial charge is 0.481 e. The van der Waals surface area contributed by atoms with Crippen LogP contribution in [0.4, 0.5) is 16.2 Å². The first-order valence-corrected chi connectivity index (χ1v) is 39.9. The zero-order valence-corrected chi connectivity index (χ0v) is 69.0. The molecule has 0 aromatic heterocycles. The fraction of sp³-hybridized carbons (Fsp3) is 0.667. The second kappa shape index (κ2) is 46.0. The van der Waals surface area contributed by atoms with Gasteiger partial charge in [0.1, 0.15) is 96.6 Å². The highest BCUT2D eigenvalue weighted by atomic mass is 31.2. The monoisotopic (exact) mass is 1750 g/mol. The molecule has 0 bridgehead atoms. The van der Waals surface area contributed by atoms with Crippen molar-refractivity contribution < 1.29 is 175 Å². The van der Waals surface area contributed by atoms with Crippen molar-refractivity contribution in [1.82, 2.24) is 16.0 Å². The number of rotatable bonds is 43. The Morgan fingerprint density at radius 3 is 1.91 bits per heavy atom. The van der Waals surface area contributed by atoms with Crippen LogP contribution in [0.1, 0.15) is 127 Å². The number of ketones is 1. The number of para-hydroxylation sites is 2. The van der Waals surface area contributed by atoms with Gasteiger partial charge in [-0.15, -0.1) is 0 Å². The molecular weight excluding hydrogens is 1640 g/mol. The molecule has 680 valence electrons. The van der Waals surface area contributed by atoms with Crippen LogP contribution < -0.4 is 32.8 Å². The summed E-state index contributed by atoms with van der Waals surface area (Å²) in [6.45, 7) is 16.4. The van der Waals surface area contributed by atoms with Gasteiger partial charge in [-0.1, -0.05) is 85.2 Å². The van der Waals surface area contributed by atoms with E-state index in [-0.39, 0.29) is 17.7 Å². The number of nitrogens with one attached hydrogen (secondary N) is 4. The van der Waals surface area contributed by atoms with Crippen LogP contribution in [0.2, 0.25) is 0 Å². The van der Waals surface area contributed by atoms with E-state index in [0.29, 0.717) is 12.8 Å². The van der Waals surface area contributed by atoms with Gasteiger partial charge >= 0.3 is 25.9 Å². The molecule has 0 radical (unpaired) electrons. The Morgan fingerprint density at radius 1 is 0.719 bits per heavy atom. The Balaban J connectivity index is 1.27. The lowest BCUT2D eigenvalue weighted by Crippen LogP contribution is -2.72.